The van der Waals surface area contributed by atoms with E-state index in [1.54, 1.807) is 12.1 Å². The van der Waals surface area contributed by atoms with Crippen molar-refractivity contribution in [2.75, 3.05) is 25.3 Å². The van der Waals surface area contributed by atoms with E-state index >= 15 is 0 Å². The van der Waals surface area contributed by atoms with Crippen molar-refractivity contribution in [3.8, 4) is 5.75 Å². The van der Waals surface area contributed by atoms with E-state index in [2.05, 4.69) is 5.32 Å². The first-order valence-electron chi connectivity index (χ1n) is 4.05. The molecule has 0 aliphatic carbocycles. The van der Waals surface area contributed by atoms with Crippen molar-refractivity contribution in [3.63, 3.8) is 0 Å². The number of ether oxygens (including phenoxy) is 1. The van der Waals surface area contributed by atoms with Crippen LogP contribution in [0.15, 0.2) is 24.3 Å². The Balaban J connectivity index is 2.56. The van der Waals surface area contributed by atoms with Crippen LogP contribution >= 0.6 is 0 Å². The van der Waals surface area contributed by atoms with Crippen LogP contribution in [-0.4, -0.2) is 30.2 Å². The van der Waals surface area contributed by atoms with Gasteiger partial charge in [-0.3, -0.25) is 0 Å². The summed E-state index contributed by atoms with van der Waals surface area (Å²) in [4.78, 5) is 0. The van der Waals surface area contributed by atoms with E-state index < -0.39 is 0 Å². The lowest BCUT2D eigenvalue weighted by Crippen LogP contribution is -2.03. The minimum Gasteiger partial charge on any atom is -0.491 e. The maximum absolute atomic E-state index is 8.59. The molecule has 0 radical (unpaired) electrons. The van der Waals surface area contributed by atoms with E-state index in [1.165, 1.54) is 0 Å². The SMILES string of the molecule is OCCOc1cccc(NCO)c1. The standard InChI is InChI=1S/C9H13NO3/c11-4-5-13-9-3-1-2-8(6-9)10-7-12/h1-3,6,10-12H,4-5,7H2. The summed E-state index contributed by atoms with van der Waals surface area (Å²) in [5, 5.41) is 19.9. The first-order valence-corrected chi connectivity index (χ1v) is 4.05. The lowest BCUT2D eigenvalue weighted by molar-refractivity contribution is 0.201. The maximum Gasteiger partial charge on any atom is 0.121 e. The van der Waals surface area contributed by atoms with Crippen molar-refractivity contribution in [3.05, 3.63) is 24.3 Å². The van der Waals surface area contributed by atoms with Gasteiger partial charge in [0.05, 0.1) is 6.61 Å². The van der Waals surface area contributed by atoms with Crippen LogP contribution in [0, 0.1) is 0 Å². The van der Waals surface area contributed by atoms with Gasteiger partial charge in [0.25, 0.3) is 0 Å². The third kappa shape index (κ3) is 3.31. The molecule has 0 fully saturated rings. The van der Waals surface area contributed by atoms with Gasteiger partial charge in [0.1, 0.15) is 19.1 Å². The molecule has 0 saturated carbocycles. The normalized spacial score (nSPS) is 9.69. The second-order valence-electron chi connectivity index (χ2n) is 2.43. The van der Waals surface area contributed by atoms with E-state index in [0.717, 1.165) is 5.69 Å². The summed E-state index contributed by atoms with van der Waals surface area (Å²) >= 11 is 0. The van der Waals surface area contributed by atoms with Crippen LogP contribution in [0.5, 0.6) is 5.75 Å². The fourth-order valence-corrected chi connectivity index (χ4v) is 0.951. The predicted octanol–water partition coefficient (Wildman–Crippen LogP) is 0.419. The largest absolute Gasteiger partial charge is 0.491 e. The summed E-state index contributed by atoms with van der Waals surface area (Å²) < 4.78 is 5.17. The van der Waals surface area contributed by atoms with Gasteiger partial charge < -0.3 is 20.3 Å². The third-order valence-electron chi connectivity index (χ3n) is 1.48. The van der Waals surface area contributed by atoms with E-state index in [-0.39, 0.29) is 19.9 Å². The van der Waals surface area contributed by atoms with Crippen LogP contribution in [0.1, 0.15) is 0 Å². The molecule has 0 aliphatic heterocycles. The highest BCUT2D eigenvalue weighted by molar-refractivity contribution is 5.47. The van der Waals surface area contributed by atoms with Crippen LogP contribution in [0.25, 0.3) is 0 Å². The topological polar surface area (TPSA) is 61.7 Å². The van der Waals surface area contributed by atoms with Gasteiger partial charge in [-0.25, -0.2) is 0 Å². The first kappa shape index (κ1) is 9.83. The number of hydrogen-bond donors (Lipinski definition) is 3. The van der Waals surface area contributed by atoms with E-state index in [0.29, 0.717) is 5.75 Å². The molecule has 0 heterocycles. The number of aliphatic hydroxyl groups excluding tert-OH is 2. The second kappa shape index (κ2) is 5.40. The van der Waals surface area contributed by atoms with Gasteiger partial charge in [-0.2, -0.15) is 0 Å². The van der Waals surface area contributed by atoms with Crippen molar-refractivity contribution in [2.45, 2.75) is 0 Å². The Hall–Kier alpha value is -1.26. The minimum atomic E-state index is -0.108. The summed E-state index contributed by atoms with van der Waals surface area (Å²) in [5.41, 5.74) is 0.790. The molecule has 0 atom stereocenters. The summed E-state index contributed by atoms with van der Waals surface area (Å²) in [6.45, 7) is 0.170. The van der Waals surface area contributed by atoms with E-state index in [9.17, 15) is 0 Å². The highest BCUT2D eigenvalue weighted by Crippen LogP contribution is 2.16. The smallest absolute Gasteiger partial charge is 0.121 e. The molecule has 1 aromatic carbocycles. The number of rotatable bonds is 5. The van der Waals surface area contributed by atoms with Crippen LogP contribution < -0.4 is 10.1 Å². The van der Waals surface area contributed by atoms with E-state index in [1.807, 2.05) is 12.1 Å². The van der Waals surface area contributed by atoms with Gasteiger partial charge in [-0.15, -0.1) is 0 Å². The molecule has 0 aliphatic rings. The Bertz CT molecular complexity index is 252. The molecule has 0 unspecified atom stereocenters. The van der Waals surface area contributed by atoms with Crippen LogP contribution in [0.2, 0.25) is 0 Å². The maximum atomic E-state index is 8.59. The minimum absolute atomic E-state index is 0.00233. The Labute approximate surface area is 76.8 Å². The lowest BCUT2D eigenvalue weighted by Gasteiger charge is -2.06. The highest BCUT2D eigenvalue weighted by Gasteiger charge is 1.94. The number of nitrogens with one attached hydrogen (secondary N) is 1. The van der Waals surface area contributed by atoms with Gasteiger partial charge >= 0.3 is 0 Å². The Morgan fingerprint density at radius 2 is 2.15 bits per heavy atom. The zero-order valence-electron chi connectivity index (χ0n) is 7.23. The van der Waals surface area contributed by atoms with Gasteiger partial charge in [-0.05, 0) is 12.1 Å². The summed E-state index contributed by atoms with van der Waals surface area (Å²) in [5.74, 6) is 0.674. The van der Waals surface area contributed by atoms with Crippen LogP contribution in [0.3, 0.4) is 0 Å². The van der Waals surface area contributed by atoms with Crippen molar-refractivity contribution in [1.82, 2.24) is 0 Å². The van der Waals surface area contributed by atoms with Crippen molar-refractivity contribution < 1.29 is 14.9 Å². The molecule has 0 saturated heterocycles. The molecule has 0 aromatic heterocycles. The fourth-order valence-electron chi connectivity index (χ4n) is 0.951. The molecule has 1 aromatic rings. The van der Waals surface area contributed by atoms with Gasteiger partial charge in [-0.1, -0.05) is 6.07 Å². The number of hydrogen-bond acceptors (Lipinski definition) is 4. The molecule has 4 nitrogen and oxygen atoms in total. The zero-order chi connectivity index (χ0) is 9.52. The summed E-state index contributed by atoms with van der Waals surface area (Å²) in [6.07, 6.45) is 0. The van der Waals surface area contributed by atoms with E-state index in [4.69, 9.17) is 14.9 Å². The molecule has 72 valence electrons. The van der Waals surface area contributed by atoms with Crippen molar-refractivity contribution in [1.29, 1.82) is 0 Å². The first-order chi connectivity index (χ1) is 6.36. The Morgan fingerprint density at radius 1 is 1.31 bits per heavy atom. The quantitative estimate of drug-likeness (QED) is 0.579. The average molecular weight is 183 g/mol. The van der Waals surface area contributed by atoms with Gasteiger partial charge in [0.2, 0.25) is 0 Å². The molecule has 0 spiro atoms. The summed E-state index contributed by atoms with van der Waals surface area (Å²) in [7, 11) is 0. The highest BCUT2D eigenvalue weighted by atomic mass is 16.5. The molecular weight excluding hydrogens is 170 g/mol. The number of anilines is 1. The lowest BCUT2D eigenvalue weighted by atomic mass is 10.3. The number of aliphatic hydroxyl groups is 2. The molecule has 0 bridgehead atoms. The third-order valence-corrected chi connectivity index (χ3v) is 1.48. The van der Waals surface area contributed by atoms with Crippen molar-refractivity contribution >= 4 is 5.69 Å². The monoisotopic (exact) mass is 183 g/mol. The Morgan fingerprint density at radius 3 is 2.85 bits per heavy atom. The van der Waals surface area contributed by atoms with Crippen LogP contribution in [-0.2, 0) is 0 Å². The molecule has 13 heavy (non-hydrogen) atoms. The Kier molecular flexibility index (Phi) is 4.08. The average Bonchev–Trinajstić information content (AvgIpc) is 2.16. The predicted molar refractivity (Wildman–Crippen MR) is 49.7 cm³/mol. The van der Waals surface area contributed by atoms with Gasteiger partial charge in [0.15, 0.2) is 0 Å². The van der Waals surface area contributed by atoms with Crippen molar-refractivity contribution in [2.24, 2.45) is 0 Å². The fraction of sp³-hybridized carbons (Fsp3) is 0.333. The molecular formula is C9H13NO3. The molecule has 3 N–H and O–H groups in total. The second-order valence-corrected chi connectivity index (χ2v) is 2.43. The van der Waals surface area contributed by atoms with Crippen LogP contribution in [0.4, 0.5) is 5.69 Å². The number of benzene rings is 1. The summed E-state index contributed by atoms with van der Waals surface area (Å²) in [6, 6.07) is 7.18. The van der Waals surface area contributed by atoms with Gasteiger partial charge in [0, 0.05) is 11.8 Å². The molecule has 1 rings (SSSR count). The molecule has 4 heteroatoms. The zero-order valence-corrected chi connectivity index (χ0v) is 7.23. The molecule has 0 amide bonds.